The molecule has 0 aliphatic rings. The Labute approximate surface area is 80.0 Å². The Kier molecular flexibility index (Phi) is 4.04. The molecular weight excluding hydrogens is 188 g/mol. The molecule has 13 heavy (non-hydrogen) atoms. The predicted molar refractivity (Wildman–Crippen MR) is 51.6 cm³/mol. The van der Waals surface area contributed by atoms with Gasteiger partial charge in [0, 0.05) is 49.1 Å². The van der Waals surface area contributed by atoms with Gasteiger partial charge in [-0.15, -0.1) is 5.10 Å². The summed E-state index contributed by atoms with van der Waals surface area (Å²) in [7, 11) is 1.11. The molecule has 1 atom stereocenters. The lowest BCUT2D eigenvalue weighted by Gasteiger charge is -1.98. The highest BCUT2D eigenvalue weighted by Gasteiger charge is 1.97. The predicted octanol–water partition coefficient (Wildman–Crippen LogP) is -0.717. The number of aryl methyl sites for hydroxylation is 1. The second-order valence-corrected chi connectivity index (χ2v) is 4.39. The zero-order valence-corrected chi connectivity index (χ0v) is 8.67. The first-order valence-electron chi connectivity index (χ1n) is 4.04. The Hall–Kier alpha value is -0.750. The molecule has 1 aromatic rings. The molecule has 5 nitrogen and oxygen atoms in total. The molecule has 0 aliphatic carbocycles. The minimum absolute atomic E-state index is 0.681. The maximum absolute atomic E-state index is 10.7. The van der Waals surface area contributed by atoms with Gasteiger partial charge in [0.25, 0.3) is 0 Å². The van der Waals surface area contributed by atoms with Crippen LogP contribution in [0.4, 0.5) is 0 Å². The monoisotopic (exact) mass is 202 g/mol. The molecule has 0 amide bonds. The molecule has 0 aliphatic heterocycles. The van der Waals surface area contributed by atoms with Gasteiger partial charge in [0.1, 0.15) is 0 Å². The standard InChI is InChI=1S/C7H14N4OS/c1-11-6-7(9-10-11)5-8-3-4-13(2)12/h6,8H,3-5H2,1-2H3. The summed E-state index contributed by atoms with van der Waals surface area (Å²) < 4.78 is 12.4. The topological polar surface area (TPSA) is 59.8 Å². The Morgan fingerprint density at radius 1 is 1.69 bits per heavy atom. The van der Waals surface area contributed by atoms with Crippen molar-refractivity contribution in [2.45, 2.75) is 6.54 Å². The normalized spacial score (nSPS) is 13.1. The van der Waals surface area contributed by atoms with Gasteiger partial charge in [-0.1, -0.05) is 5.21 Å². The van der Waals surface area contributed by atoms with E-state index in [4.69, 9.17) is 0 Å². The molecule has 0 fully saturated rings. The van der Waals surface area contributed by atoms with Crippen LogP contribution in [0.2, 0.25) is 0 Å². The van der Waals surface area contributed by atoms with E-state index in [0.717, 1.165) is 12.2 Å². The maximum atomic E-state index is 10.7. The molecule has 1 unspecified atom stereocenters. The SMILES string of the molecule is Cn1cc(CNCCS(C)=O)nn1. The van der Waals surface area contributed by atoms with E-state index in [-0.39, 0.29) is 0 Å². The van der Waals surface area contributed by atoms with E-state index in [0.29, 0.717) is 12.3 Å². The Morgan fingerprint density at radius 3 is 3.00 bits per heavy atom. The molecular formula is C7H14N4OS. The summed E-state index contributed by atoms with van der Waals surface area (Å²) in [5.41, 5.74) is 0.907. The number of nitrogens with one attached hydrogen (secondary N) is 1. The van der Waals surface area contributed by atoms with Gasteiger partial charge in [-0.25, -0.2) is 0 Å². The van der Waals surface area contributed by atoms with Gasteiger partial charge < -0.3 is 5.32 Å². The minimum atomic E-state index is -0.722. The quantitative estimate of drug-likeness (QED) is 0.640. The summed E-state index contributed by atoms with van der Waals surface area (Å²) in [6.45, 7) is 1.44. The van der Waals surface area contributed by atoms with Gasteiger partial charge in [0.15, 0.2) is 0 Å². The average Bonchev–Trinajstić information content (AvgIpc) is 2.45. The van der Waals surface area contributed by atoms with Crippen molar-refractivity contribution in [2.24, 2.45) is 7.05 Å². The molecule has 0 radical (unpaired) electrons. The Morgan fingerprint density at radius 2 is 2.46 bits per heavy atom. The lowest BCUT2D eigenvalue weighted by molar-refractivity contribution is 0.672. The largest absolute Gasteiger partial charge is 0.310 e. The number of nitrogens with zero attached hydrogens (tertiary/aromatic N) is 3. The molecule has 0 saturated carbocycles. The van der Waals surface area contributed by atoms with Crippen molar-refractivity contribution in [1.82, 2.24) is 20.3 Å². The van der Waals surface area contributed by atoms with Crippen LogP contribution in [0.15, 0.2) is 6.20 Å². The zero-order valence-electron chi connectivity index (χ0n) is 7.86. The molecule has 1 rings (SSSR count). The fraction of sp³-hybridized carbons (Fsp3) is 0.714. The van der Waals surface area contributed by atoms with Crippen LogP contribution in [0.1, 0.15) is 5.69 Å². The molecule has 0 spiro atoms. The average molecular weight is 202 g/mol. The summed E-state index contributed by atoms with van der Waals surface area (Å²) in [4.78, 5) is 0. The van der Waals surface area contributed by atoms with Crippen LogP contribution in [0.3, 0.4) is 0 Å². The third kappa shape index (κ3) is 4.14. The van der Waals surface area contributed by atoms with Crippen LogP contribution >= 0.6 is 0 Å². The van der Waals surface area contributed by atoms with E-state index in [9.17, 15) is 4.21 Å². The molecule has 1 heterocycles. The van der Waals surface area contributed by atoms with Gasteiger partial charge in [-0.05, 0) is 0 Å². The third-order valence-electron chi connectivity index (χ3n) is 1.52. The molecule has 1 aromatic heterocycles. The first-order chi connectivity index (χ1) is 6.18. The smallest absolute Gasteiger partial charge is 0.0964 e. The fourth-order valence-corrected chi connectivity index (χ4v) is 1.34. The molecule has 0 bridgehead atoms. The molecule has 0 saturated heterocycles. The van der Waals surface area contributed by atoms with Crippen molar-refractivity contribution < 1.29 is 4.21 Å². The highest BCUT2D eigenvalue weighted by atomic mass is 32.2. The first-order valence-corrected chi connectivity index (χ1v) is 5.77. The molecule has 6 heteroatoms. The number of aromatic nitrogens is 3. The first kappa shape index (κ1) is 10.3. The summed E-state index contributed by atoms with van der Waals surface area (Å²) in [6, 6.07) is 0. The van der Waals surface area contributed by atoms with Crippen molar-refractivity contribution in [3.8, 4) is 0 Å². The highest BCUT2D eigenvalue weighted by molar-refractivity contribution is 7.84. The van der Waals surface area contributed by atoms with Gasteiger partial charge in [0.05, 0.1) is 5.69 Å². The van der Waals surface area contributed by atoms with Crippen molar-refractivity contribution in [1.29, 1.82) is 0 Å². The summed E-state index contributed by atoms with van der Waals surface area (Å²) in [5, 5.41) is 10.8. The van der Waals surface area contributed by atoms with Gasteiger partial charge in [0.2, 0.25) is 0 Å². The fourth-order valence-electron chi connectivity index (χ4n) is 0.909. The van der Waals surface area contributed by atoms with Crippen LogP contribution in [-0.2, 0) is 24.4 Å². The molecule has 1 N–H and O–H groups in total. The summed E-state index contributed by atoms with van der Waals surface area (Å²) >= 11 is 0. The van der Waals surface area contributed by atoms with Crippen LogP contribution < -0.4 is 5.32 Å². The second-order valence-electron chi connectivity index (χ2n) is 2.84. The molecule has 74 valence electrons. The van der Waals surface area contributed by atoms with Crippen molar-refractivity contribution in [2.75, 3.05) is 18.6 Å². The van der Waals surface area contributed by atoms with E-state index >= 15 is 0 Å². The van der Waals surface area contributed by atoms with Crippen LogP contribution in [-0.4, -0.2) is 37.8 Å². The summed E-state index contributed by atoms with van der Waals surface area (Å²) in [5.74, 6) is 0.681. The van der Waals surface area contributed by atoms with E-state index in [2.05, 4.69) is 15.6 Å². The van der Waals surface area contributed by atoms with Crippen molar-refractivity contribution in [3.05, 3.63) is 11.9 Å². The molecule has 0 aromatic carbocycles. The highest BCUT2D eigenvalue weighted by Crippen LogP contribution is 1.88. The Balaban J connectivity index is 2.16. The second kappa shape index (κ2) is 5.08. The Bertz CT molecular complexity index is 286. The van der Waals surface area contributed by atoms with E-state index in [1.807, 2.05) is 13.2 Å². The lowest BCUT2D eigenvalue weighted by Crippen LogP contribution is -2.19. The number of rotatable bonds is 5. The van der Waals surface area contributed by atoms with Gasteiger partial charge in [-0.2, -0.15) is 0 Å². The van der Waals surface area contributed by atoms with Gasteiger partial charge in [-0.3, -0.25) is 8.89 Å². The number of hydrogen-bond donors (Lipinski definition) is 1. The van der Waals surface area contributed by atoms with Crippen LogP contribution in [0, 0.1) is 0 Å². The van der Waals surface area contributed by atoms with Crippen molar-refractivity contribution >= 4 is 10.8 Å². The van der Waals surface area contributed by atoms with Crippen molar-refractivity contribution in [3.63, 3.8) is 0 Å². The minimum Gasteiger partial charge on any atom is -0.310 e. The summed E-state index contributed by atoms with van der Waals surface area (Å²) in [6.07, 6.45) is 3.56. The van der Waals surface area contributed by atoms with Crippen LogP contribution in [0.25, 0.3) is 0 Å². The number of hydrogen-bond acceptors (Lipinski definition) is 4. The zero-order chi connectivity index (χ0) is 9.68. The van der Waals surface area contributed by atoms with E-state index in [1.54, 1.807) is 10.9 Å². The third-order valence-corrected chi connectivity index (χ3v) is 2.30. The maximum Gasteiger partial charge on any atom is 0.0964 e. The van der Waals surface area contributed by atoms with E-state index in [1.165, 1.54) is 0 Å². The van der Waals surface area contributed by atoms with Gasteiger partial charge >= 0.3 is 0 Å². The lowest BCUT2D eigenvalue weighted by atomic mass is 10.5. The van der Waals surface area contributed by atoms with E-state index < -0.39 is 10.8 Å². The van der Waals surface area contributed by atoms with Crippen LogP contribution in [0.5, 0.6) is 0 Å².